The fourth-order valence-corrected chi connectivity index (χ4v) is 2.59. The quantitative estimate of drug-likeness (QED) is 0.854. The molecule has 1 heterocycles. The summed E-state index contributed by atoms with van der Waals surface area (Å²) in [6.07, 6.45) is 6.99. The van der Waals surface area contributed by atoms with Gasteiger partial charge in [0.25, 0.3) is 0 Å². The van der Waals surface area contributed by atoms with E-state index in [1.807, 2.05) is 32.0 Å². The minimum absolute atomic E-state index is 0.0541. The van der Waals surface area contributed by atoms with Gasteiger partial charge in [-0.3, -0.25) is 4.79 Å². The van der Waals surface area contributed by atoms with Gasteiger partial charge in [0.15, 0.2) is 11.5 Å². The van der Waals surface area contributed by atoms with E-state index in [1.54, 1.807) is 0 Å². The van der Waals surface area contributed by atoms with Gasteiger partial charge in [-0.05, 0) is 37.0 Å². The number of anilines is 1. The van der Waals surface area contributed by atoms with Crippen molar-refractivity contribution < 1.29 is 9.21 Å². The third kappa shape index (κ3) is 3.15. The Kier molecular flexibility index (Phi) is 3.78. The molecule has 0 spiro atoms. The monoisotopic (exact) mass is 284 g/mol. The number of rotatable bonds is 4. The van der Waals surface area contributed by atoms with Gasteiger partial charge < -0.3 is 9.73 Å². The average molecular weight is 284 g/mol. The summed E-state index contributed by atoms with van der Waals surface area (Å²) in [6.45, 7) is 4.09. The van der Waals surface area contributed by atoms with E-state index >= 15 is 0 Å². The lowest BCUT2D eigenvalue weighted by Crippen LogP contribution is -2.14. The van der Waals surface area contributed by atoms with Gasteiger partial charge in [-0.1, -0.05) is 26.0 Å². The third-order valence-electron chi connectivity index (χ3n) is 3.74. The molecule has 0 unspecified atom stereocenters. The van der Waals surface area contributed by atoms with E-state index in [0.29, 0.717) is 12.3 Å². The van der Waals surface area contributed by atoms with E-state index in [2.05, 4.69) is 22.5 Å². The predicted molar refractivity (Wildman–Crippen MR) is 83.2 cm³/mol. The molecule has 2 aromatic rings. The molecule has 1 aliphatic rings. The van der Waals surface area contributed by atoms with Crippen LogP contribution in [0.5, 0.6) is 0 Å². The molecular formula is C17H20N2O2. The van der Waals surface area contributed by atoms with Crippen LogP contribution in [0, 0.1) is 5.92 Å². The second-order valence-corrected chi connectivity index (χ2v) is 5.91. The number of aromatic nitrogens is 1. The van der Waals surface area contributed by atoms with Crippen molar-refractivity contribution in [3.8, 4) is 0 Å². The van der Waals surface area contributed by atoms with E-state index in [1.165, 1.54) is 0 Å². The summed E-state index contributed by atoms with van der Waals surface area (Å²) < 4.78 is 5.66. The molecule has 110 valence electrons. The number of nitrogens with one attached hydrogen (secondary N) is 1. The Hall–Kier alpha value is -2.10. The number of hydrogen-bond donors (Lipinski definition) is 1. The van der Waals surface area contributed by atoms with Crippen LogP contribution in [0.15, 0.2) is 34.8 Å². The molecule has 1 aromatic carbocycles. The first-order valence-corrected chi connectivity index (χ1v) is 7.49. The minimum Gasteiger partial charge on any atom is -0.440 e. The van der Waals surface area contributed by atoms with Gasteiger partial charge in [0.1, 0.15) is 5.52 Å². The maximum Gasteiger partial charge on any atom is 0.224 e. The zero-order valence-electron chi connectivity index (χ0n) is 12.4. The molecule has 0 radical (unpaired) electrons. The summed E-state index contributed by atoms with van der Waals surface area (Å²) in [7, 11) is 0. The van der Waals surface area contributed by atoms with Crippen LogP contribution in [0.4, 0.5) is 5.69 Å². The molecule has 0 fully saturated rings. The normalized spacial score (nSPS) is 17.8. The van der Waals surface area contributed by atoms with E-state index in [9.17, 15) is 4.79 Å². The zero-order valence-corrected chi connectivity index (χ0v) is 12.4. The Bertz CT molecular complexity index is 685. The van der Waals surface area contributed by atoms with Gasteiger partial charge in [0.2, 0.25) is 5.91 Å². The Morgan fingerprint density at radius 1 is 1.48 bits per heavy atom. The molecule has 4 nitrogen and oxygen atoms in total. The molecule has 4 heteroatoms. The number of carbonyl (C=O) groups excluding carboxylic acids is 1. The first-order valence-electron chi connectivity index (χ1n) is 7.49. The summed E-state index contributed by atoms with van der Waals surface area (Å²) in [5, 5.41) is 2.94. The number of carbonyl (C=O) groups is 1. The van der Waals surface area contributed by atoms with Gasteiger partial charge >= 0.3 is 0 Å². The lowest BCUT2D eigenvalue weighted by molar-refractivity contribution is -0.116. The van der Waals surface area contributed by atoms with Gasteiger partial charge in [0, 0.05) is 18.0 Å². The predicted octanol–water partition coefficient (Wildman–Crippen LogP) is 4.25. The highest BCUT2D eigenvalue weighted by Crippen LogP contribution is 2.25. The molecule has 0 saturated carbocycles. The number of amides is 1. The van der Waals surface area contributed by atoms with E-state index in [-0.39, 0.29) is 11.8 Å². The number of oxazole rings is 1. The van der Waals surface area contributed by atoms with E-state index in [0.717, 1.165) is 35.5 Å². The Labute approximate surface area is 124 Å². The maximum atomic E-state index is 12.0. The van der Waals surface area contributed by atoms with Crippen molar-refractivity contribution in [3.05, 3.63) is 36.2 Å². The molecule has 0 saturated heterocycles. The van der Waals surface area contributed by atoms with Crippen LogP contribution in [0.1, 0.15) is 44.9 Å². The van der Waals surface area contributed by atoms with Crippen molar-refractivity contribution in [2.75, 3.05) is 5.32 Å². The second kappa shape index (κ2) is 5.72. The molecule has 1 N–H and O–H groups in total. The van der Waals surface area contributed by atoms with Crippen molar-refractivity contribution in [3.63, 3.8) is 0 Å². The molecule has 1 aromatic heterocycles. The topological polar surface area (TPSA) is 55.1 Å². The number of allylic oxidation sites excluding steroid dienone is 2. The molecule has 1 atom stereocenters. The molecule has 0 aliphatic heterocycles. The lowest BCUT2D eigenvalue weighted by atomic mass is 10.1. The minimum atomic E-state index is 0.0541. The van der Waals surface area contributed by atoms with Crippen LogP contribution in [-0.4, -0.2) is 10.9 Å². The average Bonchev–Trinajstić information content (AvgIpc) is 3.06. The number of nitrogens with zero attached hydrogens (tertiary/aromatic N) is 1. The summed E-state index contributed by atoms with van der Waals surface area (Å²) >= 11 is 0. The highest BCUT2D eigenvalue weighted by molar-refractivity contribution is 5.93. The summed E-state index contributed by atoms with van der Waals surface area (Å²) in [6, 6.07) is 5.59. The summed E-state index contributed by atoms with van der Waals surface area (Å²) in [5.74, 6) is 1.42. The summed E-state index contributed by atoms with van der Waals surface area (Å²) in [4.78, 5) is 16.5. The van der Waals surface area contributed by atoms with Crippen LogP contribution >= 0.6 is 0 Å². The van der Waals surface area contributed by atoms with Crippen molar-refractivity contribution in [1.29, 1.82) is 0 Å². The fourth-order valence-electron chi connectivity index (χ4n) is 2.59. The molecule has 21 heavy (non-hydrogen) atoms. The second-order valence-electron chi connectivity index (χ2n) is 5.91. The standard InChI is InChI=1S/C17H20N2O2/c1-11(2)17-19-14-10-13(7-8-15(14)21-17)18-16(20)9-12-5-3-4-6-12/h3,5,7-8,10-12H,4,6,9H2,1-2H3,(H,18,20)/t12-/m1/s1. The first kappa shape index (κ1) is 13.9. The third-order valence-corrected chi connectivity index (χ3v) is 3.74. The molecule has 3 rings (SSSR count). The number of hydrogen-bond acceptors (Lipinski definition) is 3. The molecule has 0 bridgehead atoms. The highest BCUT2D eigenvalue weighted by atomic mass is 16.3. The number of fused-ring (bicyclic) bond motifs is 1. The largest absolute Gasteiger partial charge is 0.440 e. The van der Waals surface area contributed by atoms with Crippen LogP contribution in [0.3, 0.4) is 0 Å². The molecule has 1 amide bonds. The first-order chi connectivity index (χ1) is 10.1. The van der Waals surface area contributed by atoms with Crippen LogP contribution in [0.25, 0.3) is 11.1 Å². The Balaban J connectivity index is 1.71. The van der Waals surface area contributed by atoms with Gasteiger partial charge in [-0.25, -0.2) is 4.98 Å². The molecule has 1 aliphatic carbocycles. The Morgan fingerprint density at radius 3 is 3.05 bits per heavy atom. The fraction of sp³-hybridized carbons (Fsp3) is 0.412. The Morgan fingerprint density at radius 2 is 2.33 bits per heavy atom. The van der Waals surface area contributed by atoms with Crippen LogP contribution in [-0.2, 0) is 4.79 Å². The lowest BCUT2D eigenvalue weighted by Gasteiger charge is -2.08. The van der Waals surface area contributed by atoms with Crippen LogP contribution in [0.2, 0.25) is 0 Å². The SMILES string of the molecule is CC(C)c1nc2cc(NC(=O)C[C@@H]3C=CCC3)ccc2o1. The van der Waals surface area contributed by atoms with E-state index < -0.39 is 0 Å². The summed E-state index contributed by atoms with van der Waals surface area (Å²) in [5.41, 5.74) is 2.32. The van der Waals surface area contributed by atoms with Crippen molar-refractivity contribution in [1.82, 2.24) is 4.98 Å². The van der Waals surface area contributed by atoms with Crippen LogP contribution < -0.4 is 5.32 Å². The maximum absolute atomic E-state index is 12.0. The van der Waals surface area contributed by atoms with Gasteiger partial charge in [-0.2, -0.15) is 0 Å². The van der Waals surface area contributed by atoms with Crippen molar-refractivity contribution in [2.24, 2.45) is 5.92 Å². The van der Waals surface area contributed by atoms with Crippen molar-refractivity contribution >= 4 is 22.7 Å². The van der Waals surface area contributed by atoms with Crippen molar-refractivity contribution in [2.45, 2.75) is 39.0 Å². The number of benzene rings is 1. The molecular weight excluding hydrogens is 264 g/mol. The van der Waals surface area contributed by atoms with E-state index in [4.69, 9.17) is 4.42 Å². The highest BCUT2D eigenvalue weighted by Gasteiger charge is 2.15. The zero-order chi connectivity index (χ0) is 14.8. The van der Waals surface area contributed by atoms with Gasteiger partial charge in [0.05, 0.1) is 0 Å². The smallest absolute Gasteiger partial charge is 0.224 e. The van der Waals surface area contributed by atoms with Gasteiger partial charge in [-0.15, -0.1) is 0 Å².